The predicted octanol–water partition coefficient (Wildman–Crippen LogP) is 5.48. The minimum absolute atomic E-state index is 0.309. The molecule has 3 aromatic rings. The largest absolute Gasteiger partial charge is 0.340 e. The molecule has 2 N–H and O–H groups in total. The van der Waals surface area contributed by atoms with Crippen LogP contribution in [-0.2, 0) is 0 Å². The van der Waals surface area contributed by atoms with Gasteiger partial charge < -0.3 is 10.6 Å². The monoisotopic (exact) mass is 386 g/mol. The molecule has 3 rings (SSSR count). The lowest BCUT2D eigenvalue weighted by Crippen LogP contribution is -2.03. The van der Waals surface area contributed by atoms with Gasteiger partial charge in [0.15, 0.2) is 0 Å². The van der Waals surface area contributed by atoms with Crippen LogP contribution in [0.5, 0.6) is 0 Å². The topological polar surface area (TPSA) is 49.8 Å². The van der Waals surface area contributed by atoms with Gasteiger partial charge in [-0.25, -0.2) is 9.37 Å². The van der Waals surface area contributed by atoms with Gasteiger partial charge in [-0.3, -0.25) is 0 Å². The van der Waals surface area contributed by atoms with Crippen LogP contribution in [0.2, 0.25) is 0 Å². The molecule has 2 aromatic carbocycles. The number of hydrogen-bond acceptors (Lipinski definition) is 4. The van der Waals surface area contributed by atoms with Gasteiger partial charge in [-0.05, 0) is 55.8 Å². The lowest BCUT2D eigenvalue weighted by Gasteiger charge is -2.12. The Morgan fingerprint density at radius 2 is 1.79 bits per heavy atom. The van der Waals surface area contributed by atoms with Crippen molar-refractivity contribution in [3.63, 3.8) is 0 Å². The highest BCUT2D eigenvalue weighted by Crippen LogP contribution is 2.24. The molecule has 24 heavy (non-hydrogen) atoms. The van der Waals surface area contributed by atoms with Crippen molar-refractivity contribution in [2.24, 2.45) is 0 Å². The van der Waals surface area contributed by atoms with Crippen LogP contribution in [0.4, 0.5) is 27.5 Å². The van der Waals surface area contributed by atoms with Crippen molar-refractivity contribution in [3.8, 4) is 0 Å². The van der Waals surface area contributed by atoms with Gasteiger partial charge in [0.2, 0.25) is 5.95 Å². The fourth-order valence-electron chi connectivity index (χ4n) is 2.29. The van der Waals surface area contributed by atoms with Crippen LogP contribution in [0.3, 0.4) is 0 Å². The summed E-state index contributed by atoms with van der Waals surface area (Å²) >= 11 is 3.45. The minimum Gasteiger partial charge on any atom is -0.340 e. The maximum atomic E-state index is 13.3. The van der Waals surface area contributed by atoms with Gasteiger partial charge in [0.1, 0.15) is 11.6 Å². The average Bonchev–Trinajstić information content (AvgIpc) is 2.49. The summed E-state index contributed by atoms with van der Waals surface area (Å²) in [6, 6.07) is 14.0. The van der Waals surface area contributed by atoms with Gasteiger partial charge in [-0.2, -0.15) is 4.98 Å². The molecule has 0 amide bonds. The molecule has 0 aliphatic rings. The molecular weight excluding hydrogens is 371 g/mol. The van der Waals surface area contributed by atoms with E-state index in [9.17, 15) is 4.39 Å². The number of benzene rings is 2. The van der Waals surface area contributed by atoms with Gasteiger partial charge in [-0.1, -0.05) is 22.0 Å². The summed E-state index contributed by atoms with van der Waals surface area (Å²) in [5.74, 6) is 0.779. The number of rotatable bonds is 4. The van der Waals surface area contributed by atoms with Crippen molar-refractivity contribution in [1.82, 2.24) is 9.97 Å². The highest BCUT2D eigenvalue weighted by atomic mass is 79.9. The lowest BCUT2D eigenvalue weighted by atomic mass is 10.2. The summed E-state index contributed by atoms with van der Waals surface area (Å²) < 4.78 is 14.3. The van der Waals surface area contributed by atoms with Crippen molar-refractivity contribution in [2.45, 2.75) is 13.8 Å². The van der Waals surface area contributed by atoms with Crippen LogP contribution in [0.15, 0.2) is 53.0 Å². The first-order chi connectivity index (χ1) is 11.5. The van der Waals surface area contributed by atoms with E-state index in [1.54, 1.807) is 12.1 Å². The van der Waals surface area contributed by atoms with Crippen LogP contribution in [0.1, 0.15) is 11.3 Å². The zero-order valence-corrected chi connectivity index (χ0v) is 14.9. The molecule has 0 bridgehead atoms. The second-order valence-electron chi connectivity index (χ2n) is 5.44. The molecule has 0 radical (unpaired) electrons. The zero-order chi connectivity index (χ0) is 17.1. The summed E-state index contributed by atoms with van der Waals surface area (Å²) in [5, 5.41) is 6.32. The van der Waals surface area contributed by atoms with E-state index in [4.69, 9.17) is 0 Å². The van der Waals surface area contributed by atoms with Crippen LogP contribution in [0.25, 0.3) is 0 Å². The van der Waals surface area contributed by atoms with Crippen molar-refractivity contribution in [3.05, 3.63) is 70.1 Å². The van der Waals surface area contributed by atoms with Crippen LogP contribution >= 0.6 is 15.9 Å². The summed E-state index contributed by atoms with van der Waals surface area (Å²) in [5.41, 5.74) is 3.47. The van der Waals surface area contributed by atoms with Gasteiger partial charge in [0.05, 0.1) is 0 Å². The van der Waals surface area contributed by atoms with E-state index in [-0.39, 0.29) is 5.82 Å². The second kappa shape index (κ2) is 6.97. The number of nitrogens with one attached hydrogen (secondary N) is 2. The number of aromatic nitrogens is 2. The molecule has 0 fully saturated rings. The zero-order valence-electron chi connectivity index (χ0n) is 13.3. The molecule has 0 aliphatic heterocycles. The Morgan fingerprint density at radius 3 is 2.54 bits per heavy atom. The molecule has 122 valence electrons. The molecule has 1 heterocycles. The Bertz CT molecular complexity index is 883. The molecule has 0 atom stereocenters. The highest BCUT2D eigenvalue weighted by molar-refractivity contribution is 9.10. The van der Waals surface area contributed by atoms with Gasteiger partial charge in [0, 0.05) is 27.6 Å². The van der Waals surface area contributed by atoms with E-state index in [2.05, 4.69) is 36.5 Å². The normalized spacial score (nSPS) is 10.5. The van der Waals surface area contributed by atoms with E-state index in [1.165, 1.54) is 12.1 Å². The number of aryl methyl sites for hydroxylation is 2. The second-order valence-corrected chi connectivity index (χ2v) is 6.35. The Labute approximate surface area is 148 Å². The van der Waals surface area contributed by atoms with Crippen LogP contribution in [0, 0.1) is 19.7 Å². The van der Waals surface area contributed by atoms with Crippen LogP contribution in [-0.4, -0.2) is 9.97 Å². The molecule has 4 nitrogen and oxygen atoms in total. The predicted molar refractivity (Wildman–Crippen MR) is 98.6 cm³/mol. The molecular formula is C18H16BrFN4. The van der Waals surface area contributed by atoms with Crippen molar-refractivity contribution in [2.75, 3.05) is 10.6 Å². The highest BCUT2D eigenvalue weighted by Gasteiger charge is 2.06. The number of halogens is 2. The van der Waals surface area contributed by atoms with Crippen LogP contribution < -0.4 is 10.6 Å². The molecule has 0 saturated heterocycles. The summed E-state index contributed by atoms with van der Waals surface area (Å²) in [4.78, 5) is 8.79. The molecule has 6 heteroatoms. The standard InChI is InChI=1S/C18H16BrFN4/c1-11-8-13(19)6-7-16(11)23-17-9-12(2)21-18(24-17)22-15-5-3-4-14(20)10-15/h3-10H,1-2H3,(H2,21,22,23,24). The first kappa shape index (κ1) is 16.4. The van der Waals surface area contributed by atoms with E-state index in [0.717, 1.165) is 21.4 Å². The number of nitrogens with zero attached hydrogens (tertiary/aromatic N) is 2. The number of anilines is 4. The maximum Gasteiger partial charge on any atom is 0.229 e. The van der Waals surface area contributed by atoms with E-state index < -0.39 is 0 Å². The van der Waals surface area contributed by atoms with Gasteiger partial charge in [0.25, 0.3) is 0 Å². The Balaban J connectivity index is 1.86. The first-order valence-corrected chi connectivity index (χ1v) is 8.20. The Hall–Kier alpha value is -2.47. The lowest BCUT2D eigenvalue weighted by molar-refractivity contribution is 0.628. The summed E-state index contributed by atoms with van der Waals surface area (Å²) in [6.45, 7) is 3.91. The molecule has 1 aromatic heterocycles. The Kier molecular flexibility index (Phi) is 4.76. The molecule has 0 saturated carbocycles. The minimum atomic E-state index is -0.309. The fraction of sp³-hybridized carbons (Fsp3) is 0.111. The number of hydrogen-bond donors (Lipinski definition) is 2. The SMILES string of the molecule is Cc1cc(Nc2ccc(Br)cc2C)nc(Nc2cccc(F)c2)n1. The fourth-order valence-corrected chi connectivity index (χ4v) is 2.76. The van der Waals surface area contributed by atoms with E-state index in [0.29, 0.717) is 17.5 Å². The Morgan fingerprint density at radius 1 is 0.958 bits per heavy atom. The van der Waals surface area contributed by atoms with E-state index in [1.807, 2.05) is 38.1 Å². The van der Waals surface area contributed by atoms with Crippen molar-refractivity contribution in [1.29, 1.82) is 0 Å². The third-order valence-corrected chi connectivity index (χ3v) is 3.88. The summed E-state index contributed by atoms with van der Waals surface area (Å²) in [6.07, 6.45) is 0. The van der Waals surface area contributed by atoms with E-state index >= 15 is 0 Å². The smallest absolute Gasteiger partial charge is 0.229 e. The molecule has 0 spiro atoms. The molecule has 0 unspecified atom stereocenters. The van der Waals surface area contributed by atoms with Gasteiger partial charge >= 0.3 is 0 Å². The third-order valence-electron chi connectivity index (χ3n) is 3.39. The average molecular weight is 387 g/mol. The summed E-state index contributed by atoms with van der Waals surface area (Å²) in [7, 11) is 0. The van der Waals surface area contributed by atoms with Crippen molar-refractivity contribution >= 4 is 39.1 Å². The maximum absolute atomic E-state index is 13.3. The third kappa shape index (κ3) is 4.08. The first-order valence-electron chi connectivity index (χ1n) is 7.41. The van der Waals surface area contributed by atoms with Gasteiger partial charge in [-0.15, -0.1) is 0 Å². The van der Waals surface area contributed by atoms with Crippen molar-refractivity contribution < 1.29 is 4.39 Å². The molecule has 0 aliphatic carbocycles. The quantitative estimate of drug-likeness (QED) is 0.622.